The highest BCUT2D eigenvalue weighted by atomic mass is 16.2. The highest BCUT2D eigenvalue weighted by Crippen LogP contribution is 2.35. The third-order valence-corrected chi connectivity index (χ3v) is 4.92. The Bertz CT molecular complexity index is 773. The van der Waals surface area contributed by atoms with Gasteiger partial charge in [-0.3, -0.25) is 19.0 Å². The van der Waals surface area contributed by atoms with Crippen LogP contribution in [0.25, 0.3) is 0 Å². The number of aromatic nitrogens is 4. The zero-order valence-corrected chi connectivity index (χ0v) is 15.1. The first-order valence-electron chi connectivity index (χ1n) is 8.40. The van der Waals surface area contributed by atoms with E-state index in [0.717, 1.165) is 17.7 Å². The number of aryl methyl sites for hydroxylation is 3. The van der Waals surface area contributed by atoms with Crippen molar-refractivity contribution in [3.05, 3.63) is 35.4 Å². The lowest BCUT2D eigenvalue weighted by Crippen LogP contribution is -2.44. The lowest BCUT2D eigenvalue weighted by atomic mass is 9.85. The molecule has 0 bridgehead atoms. The predicted octanol–water partition coefficient (Wildman–Crippen LogP) is 0.802. The largest absolute Gasteiger partial charge is 0.350 e. The molecule has 134 valence electrons. The maximum atomic E-state index is 12.4. The molecule has 0 radical (unpaired) electrons. The lowest BCUT2D eigenvalue weighted by molar-refractivity contribution is -0.136. The number of hydrogen-bond donors (Lipinski definition) is 1. The summed E-state index contributed by atoms with van der Waals surface area (Å²) in [5.74, 6) is 0.0747. The maximum absolute atomic E-state index is 12.4. The molecule has 8 heteroatoms. The molecular formula is C17H24N6O2. The van der Waals surface area contributed by atoms with Crippen molar-refractivity contribution in [2.75, 3.05) is 13.6 Å². The fourth-order valence-electron chi connectivity index (χ4n) is 3.40. The summed E-state index contributed by atoms with van der Waals surface area (Å²) in [5, 5.41) is 11.4. The molecule has 1 fully saturated rings. The number of carbonyl (C=O) groups is 2. The minimum Gasteiger partial charge on any atom is -0.350 e. The molecule has 2 atom stereocenters. The van der Waals surface area contributed by atoms with E-state index in [0.29, 0.717) is 18.7 Å². The van der Waals surface area contributed by atoms with E-state index in [1.54, 1.807) is 26.5 Å². The van der Waals surface area contributed by atoms with E-state index >= 15 is 0 Å². The van der Waals surface area contributed by atoms with Crippen LogP contribution in [0.15, 0.2) is 18.5 Å². The first kappa shape index (κ1) is 17.2. The number of hydrogen-bond acceptors (Lipinski definition) is 4. The first-order chi connectivity index (χ1) is 11.9. The minimum atomic E-state index is -0.187. The molecule has 2 aromatic rings. The Balaban J connectivity index is 1.72. The molecule has 3 rings (SSSR count). The van der Waals surface area contributed by atoms with Gasteiger partial charge in [0.05, 0.1) is 12.2 Å². The second-order valence-electron chi connectivity index (χ2n) is 6.70. The molecule has 1 N–H and O–H groups in total. The van der Waals surface area contributed by atoms with Crippen LogP contribution in [-0.4, -0.2) is 49.9 Å². The average molecular weight is 344 g/mol. The molecule has 8 nitrogen and oxygen atoms in total. The van der Waals surface area contributed by atoms with Crippen LogP contribution in [0.5, 0.6) is 0 Å². The molecule has 0 saturated carbocycles. The second kappa shape index (κ2) is 6.70. The van der Waals surface area contributed by atoms with Gasteiger partial charge in [-0.2, -0.15) is 10.2 Å². The molecule has 1 saturated heterocycles. The zero-order chi connectivity index (χ0) is 18.1. The second-order valence-corrected chi connectivity index (χ2v) is 6.70. The normalized spacial score (nSPS) is 20.8. The van der Waals surface area contributed by atoms with Gasteiger partial charge >= 0.3 is 0 Å². The molecule has 2 aromatic heterocycles. The third-order valence-electron chi connectivity index (χ3n) is 4.92. The van der Waals surface area contributed by atoms with Gasteiger partial charge in [-0.05, 0) is 19.4 Å². The maximum Gasteiger partial charge on any atom is 0.271 e. The fraction of sp³-hybridized carbons (Fsp3) is 0.529. The topological polar surface area (TPSA) is 85.1 Å². The summed E-state index contributed by atoms with van der Waals surface area (Å²) < 4.78 is 3.41. The van der Waals surface area contributed by atoms with Gasteiger partial charge in [-0.1, -0.05) is 0 Å². The van der Waals surface area contributed by atoms with Crippen LogP contribution < -0.4 is 5.32 Å². The quantitative estimate of drug-likeness (QED) is 0.889. The molecule has 2 amide bonds. The zero-order valence-electron chi connectivity index (χ0n) is 15.1. The Labute approximate surface area is 146 Å². The number of carbonyl (C=O) groups excluding carboxylic acids is 2. The fourth-order valence-corrected chi connectivity index (χ4v) is 3.40. The van der Waals surface area contributed by atoms with Crippen LogP contribution in [0.4, 0.5) is 0 Å². The van der Waals surface area contributed by atoms with Crippen LogP contribution in [0, 0.1) is 12.8 Å². The summed E-state index contributed by atoms with van der Waals surface area (Å²) in [6, 6.07) is 1.69. The highest BCUT2D eigenvalue weighted by molar-refractivity contribution is 5.92. The number of rotatable bonds is 4. The van der Waals surface area contributed by atoms with Crippen molar-refractivity contribution >= 4 is 11.8 Å². The molecule has 1 aliphatic heterocycles. The Kier molecular flexibility index (Phi) is 4.61. The minimum absolute atomic E-state index is 0.0827. The molecular weight excluding hydrogens is 320 g/mol. The predicted molar refractivity (Wildman–Crippen MR) is 91.7 cm³/mol. The van der Waals surface area contributed by atoms with Crippen molar-refractivity contribution in [1.82, 2.24) is 29.8 Å². The Morgan fingerprint density at radius 3 is 2.72 bits per heavy atom. The van der Waals surface area contributed by atoms with Crippen LogP contribution in [-0.2, 0) is 18.9 Å². The highest BCUT2D eigenvalue weighted by Gasteiger charge is 2.35. The summed E-state index contributed by atoms with van der Waals surface area (Å²) in [5.41, 5.74) is 2.34. The van der Waals surface area contributed by atoms with E-state index < -0.39 is 0 Å². The smallest absolute Gasteiger partial charge is 0.271 e. The summed E-state index contributed by atoms with van der Waals surface area (Å²) in [4.78, 5) is 26.3. The third kappa shape index (κ3) is 3.42. The Morgan fingerprint density at radius 2 is 2.12 bits per heavy atom. The number of amides is 2. The van der Waals surface area contributed by atoms with Gasteiger partial charge in [-0.25, -0.2) is 0 Å². The van der Waals surface area contributed by atoms with Crippen LogP contribution in [0.1, 0.15) is 40.6 Å². The van der Waals surface area contributed by atoms with Crippen molar-refractivity contribution in [3.8, 4) is 0 Å². The van der Waals surface area contributed by atoms with Gasteiger partial charge in [0.1, 0.15) is 5.69 Å². The molecule has 0 aromatic carbocycles. The summed E-state index contributed by atoms with van der Waals surface area (Å²) in [6.45, 7) is 2.40. The molecule has 0 spiro atoms. The average Bonchev–Trinajstić information content (AvgIpc) is 3.14. The van der Waals surface area contributed by atoms with Gasteiger partial charge in [-0.15, -0.1) is 0 Å². The number of nitrogens with zero attached hydrogens (tertiary/aromatic N) is 5. The van der Waals surface area contributed by atoms with Gasteiger partial charge in [0, 0.05) is 57.5 Å². The molecule has 0 aliphatic carbocycles. The van der Waals surface area contributed by atoms with Gasteiger partial charge < -0.3 is 10.2 Å². The molecule has 1 aliphatic rings. The van der Waals surface area contributed by atoms with Crippen LogP contribution >= 0.6 is 0 Å². The lowest BCUT2D eigenvalue weighted by Gasteiger charge is -2.38. The molecule has 25 heavy (non-hydrogen) atoms. The van der Waals surface area contributed by atoms with E-state index in [2.05, 4.69) is 15.5 Å². The summed E-state index contributed by atoms with van der Waals surface area (Å²) in [7, 11) is 5.48. The van der Waals surface area contributed by atoms with Crippen LogP contribution in [0.2, 0.25) is 0 Å². The van der Waals surface area contributed by atoms with Gasteiger partial charge in [0.15, 0.2) is 0 Å². The van der Waals surface area contributed by atoms with Crippen molar-refractivity contribution in [1.29, 1.82) is 0 Å². The van der Waals surface area contributed by atoms with E-state index in [1.807, 2.05) is 34.3 Å². The van der Waals surface area contributed by atoms with E-state index in [-0.39, 0.29) is 23.8 Å². The van der Waals surface area contributed by atoms with E-state index in [9.17, 15) is 9.59 Å². The summed E-state index contributed by atoms with van der Waals surface area (Å²) in [6.07, 6.45) is 4.95. The summed E-state index contributed by atoms with van der Waals surface area (Å²) >= 11 is 0. The van der Waals surface area contributed by atoms with Crippen molar-refractivity contribution in [3.63, 3.8) is 0 Å². The Hall–Kier alpha value is -2.64. The number of likely N-dealkylation sites (tertiary alicyclic amines) is 1. The van der Waals surface area contributed by atoms with Gasteiger partial charge in [0.2, 0.25) is 5.91 Å². The number of nitrogens with one attached hydrogen (secondary N) is 1. The van der Waals surface area contributed by atoms with Gasteiger partial charge in [0.25, 0.3) is 5.91 Å². The monoisotopic (exact) mass is 344 g/mol. The molecule has 3 heterocycles. The number of piperidine rings is 1. The van der Waals surface area contributed by atoms with Crippen molar-refractivity contribution in [2.45, 2.75) is 25.8 Å². The van der Waals surface area contributed by atoms with Crippen molar-refractivity contribution < 1.29 is 9.59 Å². The standard InChI is InChI=1S/C17H24N6O2/c1-11-7-14(20-23(11)4)17(25)18-8-12-5-6-15(24)22(3)16(12)13-9-19-21(2)10-13/h7,9-10,12,16H,5-6,8H2,1-4H3,(H,18,25)/t12-,16+/m1/s1. The van der Waals surface area contributed by atoms with Crippen molar-refractivity contribution in [2.24, 2.45) is 20.0 Å². The Morgan fingerprint density at radius 1 is 1.36 bits per heavy atom. The van der Waals surface area contributed by atoms with E-state index in [1.165, 1.54) is 0 Å². The van der Waals surface area contributed by atoms with Crippen LogP contribution in [0.3, 0.4) is 0 Å². The SMILES string of the molecule is Cc1cc(C(=O)NC[C@H]2CCC(=O)N(C)[C@@H]2c2cnn(C)c2)nn1C. The van der Waals surface area contributed by atoms with E-state index in [4.69, 9.17) is 0 Å². The molecule has 0 unspecified atom stereocenters. The first-order valence-corrected chi connectivity index (χ1v) is 8.40.